The first kappa shape index (κ1) is 13.7. The van der Waals surface area contributed by atoms with Crippen LogP contribution in [0.5, 0.6) is 0 Å². The van der Waals surface area contributed by atoms with Gasteiger partial charge in [0.15, 0.2) is 9.84 Å². The van der Waals surface area contributed by atoms with Crippen LogP contribution in [0.4, 0.5) is 0 Å². The highest BCUT2D eigenvalue weighted by atomic mass is 32.2. The quantitative estimate of drug-likeness (QED) is 0.797. The summed E-state index contributed by atoms with van der Waals surface area (Å²) in [6.07, 6.45) is -1.18. The minimum Gasteiger partial charge on any atom is -0.388 e. The van der Waals surface area contributed by atoms with Crippen LogP contribution in [0.25, 0.3) is 0 Å². The minimum absolute atomic E-state index is 0.0240. The van der Waals surface area contributed by atoms with Gasteiger partial charge in [-0.15, -0.1) is 0 Å². The smallest absolute Gasteiger partial charge is 0.220 e. The number of carbonyl (C=O) groups is 1. The maximum absolute atomic E-state index is 11.5. The average molecular weight is 257 g/mol. The van der Waals surface area contributed by atoms with E-state index < -0.39 is 21.8 Å². The third kappa shape index (κ3) is 3.54. The molecule has 1 atom stereocenters. The number of aliphatic hydroxyl groups excluding tert-OH is 1. The van der Waals surface area contributed by atoms with E-state index in [1.165, 1.54) is 24.3 Å². The highest BCUT2D eigenvalue weighted by molar-refractivity contribution is 7.91. The number of nitrogens with two attached hydrogens (primary N) is 1. The molecule has 0 aliphatic carbocycles. The van der Waals surface area contributed by atoms with E-state index in [9.17, 15) is 18.3 Å². The maximum Gasteiger partial charge on any atom is 0.220 e. The SMILES string of the molecule is CCS(=O)(=O)c1ccc(C(O)CC(N)=O)cc1. The van der Waals surface area contributed by atoms with Crippen LogP contribution in [0, 0.1) is 0 Å². The van der Waals surface area contributed by atoms with Gasteiger partial charge in [-0.05, 0) is 17.7 Å². The van der Waals surface area contributed by atoms with E-state index in [4.69, 9.17) is 5.73 Å². The number of sulfone groups is 1. The molecule has 0 radical (unpaired) electrons. The average Bonchev–Trinajstić information content (AvgIpc) is 2.28. The monoisotopic (exact) mass is 257 g/mol. The van der Waals surface area contributed by atoms with Crippen LogP contribution in [0.1, 0.15) is 25.0 Å². The van der Waals surface area contributed by atoms with Gasteiger partial charge < -0.3 is 10.8 Å². The van der Waals surface area contributed by atoms with Crippen molar-refractivity contribution in [1.82, 2.24) is 0 Å². The van der Waals surface area contributed by atoms with Gasteiger partial charge in [0.1, 0.15) is 0 Å². The van der Waals surface area contributed by atoms with Crippen molar-refractivity contribution in [1.29, 1.82) is 0 Å². The Morgan fingerprint density at radius 2 is 1.88 bits per heavy atom. The molecule has 5 nitrogen and oxygen atoms in total. The standard InChI is InChI=1S/C11H15NO4S/c1-2-17(15,16)9-5-3-8(4-6-9)10(13)7-11(12)14/h3-6,10,13H,2,7H2,1H3,(H2,12,14). The summed E-state index contributed by atoms with van der Waals surface area (Å²) in [5.74, 6) is -0.585. The van der Waals surface area contributed by atoms with Gasteiger partial charge in [0.05, 0.1) is 23.2 Å². The van der Waals surface area contributed by atoms with Crippen LogP contribution in [0.3, 0.4) is 0 Å². The second-order valence-electron chi connectivity index (χ2n) is 3.66. The number of primary amides is 1. The lowest BCUT2D eigenvalue weighted by molar-refractivity contribution is -0.119. The molecule has 1 amide bonds. The first-order chi connectivity index (χ1) is 7.86. The highest BCUT2D eigenvalue weighted by Gasteiger charge is 2.14. The molecule has 0 spiro atoms. The summed E-state index contributed by atoms with van der Waals surface area (Å²) in [7, 11) is -3.24. The van der Waals surface area contributed by atoms with Crippen molar-refractivity contribution in [2.75, 3.05) is 5.75 Å². The Morgan fingerprint density at radius 3 is 2.29 bits per heavy atom. The Balaban J connectivity index is 2.92. The summed E-state index contributed by atoms with van der Waals surface area (Å²) in [5.41, 5.74) is 5.43. The summed E-state index contributed by atoms with van der Waals surface area (Å²) in [5, 5.41) is 9.59. The minimum atomic E-state index is -3.24. The lowest BCUT2D eigenvalue weighted by atomic mass is 10.1. The summed E-state index contributed by atoms with van der Waals surface area (Å²) >= 11 is 0. The molecule has 0 saturated heterocycles. The fourth-order valence-electron chi connectivity index (χ4n) is 1.37. The van der Waals surface area contributed by atoms with Crippen LogP contribution in [0.15, 0.2) is 29.2 Å². The Kier molecular flexibility index (Phi) is 4.25. The molecule has 0 saturated carbocycles. The van der Waals surface area contributed by atoms with Gasteiger partial charge in [-0.2, -0.15) is 0 Å². The van der Waals surface area contributed by atoms with Crippen LogP contribution in [-0.4, -0.2) is 25.2 Å². The fraction of sp³-hybridized carbons (Fsp3) is 0.364. The molecule has 3 N–H and O–H groups in total. The molecule has 0 aromatic heterocycles. The van der Waals surface area contributed by atoms with Crippen molar-refractivity contribution in [3.63, 3.8) is 0 Å². The van der Waals surface area contributed by atoms with Gasteiger partial charge >= 0.3 is 0 Å². The van der Waals surface area contributed by atoms with Crippen LogP contribution in [0.2, 0.25) is 0 Å². The predicted molar refractivity (Wildman–Crippen MR) is 62.9 cm³/mol. The molecule has 1 unspecified atom stereocenters. The third-order valence-electron chi connectivity index (χ3n) is 2.40. The van der Waals surface area contributed by atoms with Crippen molar-refractivity contribution in [3.8, 4) is 0 Å². The molecular formula is C11H15NO4S. The lowest BCUT2D eigenvalue weighted by Crippen LogP contribution is -2.15. The van der Waals surface area contributed by atoms with E-state index in [2.05, 4.69) is 0 Å². The predicted octanol–water partition coefficient (Wildman–Crippen LogP) is 0.389. The molecule has 0 aliphatic heterocycles. The van der Waals surface area contributed by atoms with Gasteiger partial charge in [0, 0.05) is 0 Å². The van der Waals surface area contributed by atoms with Gasteiger partial charge in [0.25, 0.3) is 0 Å². The number of benzene rings is 1. The zero-order valence-electron chi connectivity index (χ0n) is 9.46. The molecule has 0 bridgehead atoms. The maximum atomic E-state index is 11.5. The van der Waals surface area contributed by atoms with Gasteiger partial charge in [-0.3, -0.25) is 4.79 Å². The number of rotatable bonds is 5. The molecule has 94 valence electrons. The van der Waals surface area contributed by atoms with Crippen molar-refractivity contribution in [2.24, 2.45) is 5.73 Å². The van der Waals surface area contributed by atoms with Gasteiger partial charge in [-0.25, -0.2) is 8.42 Å². The summed E-state index contributed by atoms with van der Waals surface area (Å²) in [6, 6.07) is 5.79. The third-order valence-corrected chi connectivity index (χ3v) is 4.15. The molecule has 0 aliphatic rings. The Labute approximate surface area is 100 Å². The zero-order valence-corrected chi connectivity index (χ0v) is 10.3. The molecule has 1 rings (SSSR count). The Hall–Kier alpha value is -1.40. The van der Waals surface area contributed by atoms with E-state index in [1.807, 2.05) is 0 Å². The summed E-state index contributed by atoms with van der Waals surface area (Å²) < 4.78 is 23.0. The Bertz CT molecular complexity index is 493. The van der Waals surface area contributed by atoms with Crippen LogP contribution < -0.4 is 5.73 Å². The molecule has 0 heterocycles. The van der Waals surface area contributed by atoms with Gasteiger partial charge in [-0.1, -0.05) is 19.1 Å². The molecule has 6 heteroatoms. The molecule has 1 aromatic carbocycles. The number of carbonyl (C=O) groups excluding carboxylic acids is 1. The van der Waals surface area contributed by atoms with Crippen molar-refractivity contribution < 1.29 is 18.3 Å². The first-order valence-electron chi connectivity index (χ1n) is 5.16. The van der Waals surface area contributed by atoms with E-state index in [0.29, 0.717) is 5.56 Å². The zero-order chi connectivity index (χ0) is 13.1. The van der Waals surface area contributed by atoms with Crippen molar-refractivity contribution in [3.05, 3.63) is 29.8 Å². The number of hydrogen-bond donors (Lipinski definition) is 2. The van der Waals surface area contributed by atoms with E-state index in [-0.39, 0.29) is 17.1 Å². The van der Waals surface area contributed by atoms with Crippen molar-refractivity contribution in [2.45, 2.75) is 24.3 Å². The van der Waals surface area contributed by atoms with Crippen LogP contribution >= 0.6 is 0 Å². The largest absolute Gasteiger partial charge is 0.388 e. The number of hydrogen-bond acceptors (Lipinski definition) is 4. The second kappa shape index (κ2) is 5.29. The van der Waals surface area contributed by atoms with Gasteiger partial charge in [0.2, 0.25) is 5.91 Å². The number of aliphatic hydroxyl groups is 1. The first-order valence-corrected chi connectivity index (χ1v) is 6.81. The molecule has 0 fully saturated rings. The summed E-state index contributed by atoms with van der Waals surface area (Å²) in [4.78, 5) is 10.8. The van der Waals surface area contributed by atoms with Crippen LogP contribution in [-0.2, 0) is 14.6 Å². The lowest BCUT2D eigenvalue weighted by Gasteiger charge is -2.09. The topological polar surface area (TPSA) is 97.5 Å². The van der Waals surface area contributed by atoms with E-state index >= 15 is 0 Å². The normalized spacial score (nSPS) is 13.3. The summed E-state index contributed by atoms with van der Waals surface area (Å²) in [6.45, 7) is 1.56. The highest BCUT2D eigenvalue weighted by Crippen LogP contribution is 2.19. The fourth-order valence-corrected chi connectivity index (χ4v) is 2.26. The molecule has 17 heavy (non-hydrogen) atoms. The number of amides is 1. The molecule has 1 aromatic rings. The second-order valence-corrected chi connectivity index (χ2v) is 5.94. The Morgan fingerprint density at radius 1 is 1.35 bits per heavy atom. The van der Waals surface area contributed by atoms with E-state index in [0.717, 1.165) is 0 Å². The van der Waals surface area contributed by atoms with Crippen molar-refractivity contribution >= 4 is 15.7 Å². The molecular weight excluding hydrogens is 242 g/mol. The van der Waals surface area contributed by atoms with E-state index in [1.54, 1.807) is 6.92 Å².